The first-order chi connectivity index (χ1) is 68.5. The van der Waals surface area contributed by atoms with Crippen LogP contribution in [0.1, 0.15) is 49.9 Å². The summed E-state index contributed by atoms with van der Waals surface area (Å²) in [5.41, 5.74) is 40.1. The van der Waals surface area contributed by atoms with Gasteiger partial charge in [-0.15, -0.1) is 0 Å². The second-order valence-corrected chi connectivity index (χ2v) is 37.9. The second kappa shape index (κ2) is 33.1. The average molecular weight is 1780 g/mol. The summed E-state index contributed by atoms with van der Waals surface area (Å²) >= 11 is 0. The molecule has 0 saturated carbocycles. The van der Waals surface area contributed by atoms with Gasteiger partial charge < -0.3 is 32.8 Å². The fraction of sp³-hybridized carbons (Fsp3) is 0.0455. The fourth-order valence-corrected chi connectivity index (χ4v) is 22.9. The molecule has 1 aliphatic carbocycles. The summed E-state index contributed by atoms with van der Waals surface area (Å²) in [5.74, 6) is 0. The molecule has 658 valence electrons. The Morgan fingerprint density at radius 2 is 0.518 bits per heavy atom. The van der Waals surface area contributed by atoms with Crippen LogP contribution in [0.25, 0.3) is 165 Å². The summed E-state index contributed by atoms with van der Waals surface area (Å²) in [6.45, 7) is 9.42. The minimum Gasteiger partial charge on any atom is -0.310 e. The van der Waals surface area contributed by atoms with Crippen LogP contribution in [0.3, 0.4) is 0 Å². The van der Waals surface area contributed by atoms with Gasteiger partial charge in [0.15, 0.2) is 0 Å². The van der Waals surface area contributed by atoms with Crippen LogP contribution in [0.2, 0.25) is 0 Å². The number of aromatic nitrogens is 4. The Morgan fingerprint density at radius 1 is 0.180 bits per heavy atom. The topological polar surface area (TPSA) is 28.9 Å². The van der Waals surface area contributed by atoms with Crippen molar-refractivity contribution < 1.29 is 0 Å². The SMILES string of the molecule is CC1(C)c2ccccc2-c2ccc(N(c3ccc(-c4ccccc4)cc3)c3ccc4c(c3)c3cccc5c6ccccc6n4c53)cc21.CC1(C)c2ccccc2N(c2ccccc2)c2ccc(N(c3ccc(-c4ccccc4)cc3)c3ccc(-c4ccccc4)cc3)cc21.c1ccc(-n2c3ccccc3c3c(-n4c5ccccc5c5cc(-n6c7ccccc7c7ccccc76)ccc54)cccc32)cc1. The summed E-state index contributed by atoms with van der Waals surface area (Å²) in [4.78, 5) is 7.22. The summed E-state index contributed by atoms with van der Waals surface area (Å²) in [5, 5.41) is 12.7. The van der Waals surface area contributed by atoms with Crippen molar-refractivity contribution in [2.24, 2.45) is 0 Å². The molecular weight excluding hydrogens is 1680 g/mol. The summed E-state index contributed by atoms with van der Waals surface area (Å²) in [7, 11) is 0. The van der Waals surface area contributed by atoms with E-state index in [1.807, 2.05) is 0 Å². The first kappa shape index (κ1) is 81.9. The van der Waals surface area contributed by atoms with Crippen LogP contribution in [0.15, 0.2) is 504 Å². The molecule has 7 heteroatoms. The zero-order chi connectivity index (χ0) is 92.6. The van der Waals surface area contributed by atoms with Gasteiger partial charge in [-0.25, -0.2) is 0 Å². The third kappa shape index (κ3) is 13.5. The van der Waals surface area contributed by atoms with Gasteiger partial charge in [-0.1, -0.05) is 355 Å². The first-order valence-electron chi connectivity index (χ1n) is 48.2. The van der Waals surface area contributed by atoms with Crippen molar-refractivity contribution in [3.63, 3.8) is 0 Å². The molecule has 0 amide bonds. The van der Waals surface area contributed by atoms with E-state index in [2.05, 4.69) is 564 Å². The molecule has 0 fully saturated rings. The number of anilines is 9. The van der Waals surface area contributed by atoms with E-state index in [0.29, 0.717) is 0 Å². The van der Waals surface area contributed by atoms with Crippen LogP contribution in [-0.4, -0.2) is 18.1 Å². The van der Waals surface area contributed by atoms with Crippen molar-refractivity contribution in [2.45, 2.75) is 38.5 Å². The lowest BCUT2D eigenvalue weighted by molar-refractivity contribution is 0.632. The lowest BCUT2D eigenvalue weighted by Crippen LogP contribution is -2.30. The van der Waals surface area contributed by atoms with E-state index < -0.39 is 0 Å². The first-order valence-corrected chi connectivity index (χ1v) is 48.2. The molecule has 2 aliphatic rings. The van der Waals surface area contributed by atoms with Crippen LogP contribution in [-0.2, 0) is 10.8 Å². The lowest BCUT2D eigenvalue weighted by Gasteiger charge is -2.42. The zero-order valence-electron chi connectivity index (χ0n) is 77.6. The second-order valence-electron chi connectivity index (χ2n) is 37.9. The van der Waals surface area contributed by atoms with Gasteiger partial charge in [0, 0.05) is 116 Å². The van der Waals surface area contributed by atoms with Gasteiger partial charge in [-0.05, 0) is 243 Å². The highest BCUT2D eigenvalue weighted by Crippen LogP contribution is 2.56. The molecule has 5 aromatic heterocycles. The van der Waals surface area contributed by atoms with E-state index in [4.69, 9.17) is 0 Å². The Kier molecular flexibility index (Phi) is 19.5. The Hall–Kier alpha value is -17.8. The van der Waals surface area contributed by atoms with Gasteiger partial charge >= 0.3 is 0 Å². The van der Waals surface area contributed by atoms with Crippen molar-refractivity contribution >= 4 is 155 Å². The Labute approximate surface area is 807 Å². The monoisotopic (exact) mass is 1780 g/mol. The van der Waals surface area contributed by atoms with Crippen LogP contribution in [0.4, 0.5) is 51.2 Å². The molecule has 0 spiro atoms. The standard InChI is InChI=1S/C45H32N2.C45H36N2.C42H27N3/c1-45(2)40-17-8-6-13-34(40)35-25-23-33(28-41(35)45)46(31-21-19-30(20-22-31)29-11-4-3-5-12-29)32-24-26-43-39(27-32)38-16-10-15-37-36-14-7-9-18-42(36)47(43)44(37)38;1-45(2)41-20-12-13-21-43(41)47(37-18-10-5-11-19-37)44-31-30-40(32-42(44)45)46(38-26-22-35(23-27-38)33-14-6-3-7-15-33)39-28-24-36(25-29-39)34-16-8-4-9-17-34;1-2-13-28(14-3-1)43-38-22-11-7-18-33(38)42-40(43)23-12-24-41(42)45-37-21-10-6-17-32(37)34-27-29(25-26-39(34)45)44-35-19-8-4-15-30(35)31-16-5-9-20-36(31)44/h3-28H,1-2H3;3-32H,1-2H3;1-27H. The highest BCUT2D eigenvalue weighted by atomic mass is 15.2. The van der Waals surface area contributed by atoms with Crippen molar-refractivity contribution in [1.29, 1.82) is 0 Å². The smallest absolute Gasteiger partial charge is 0.0620 e. The number of fused-ring (bicyclic) bond motifs is 20. The zero-order valence-corrected chi connectivity index (χ0v) is 77.6. The number of hydrogen-bond donors (Lipinski definition) is 0. The molecule has 139 heavy (non-hydrogen) atoms. The molecule has 0 N–H and O–H groups in total. The third-order valence-electron chi connectivity index (χ3n) is 29.4. The van der Waals surface area contributed by atoms with E-state index in [1.54, 1.807) is 0 Å². The summed E-state index contributed by atoms with van der Waals surface area (Å²) in [6, 6.07) is 183. The maximum absolute atomic E-state index is 2.46. The van der Waals surface area contributed by atoms with Gasteiger partial charge in [-0.2, -0.15) is 0 Å². The fourth-order valence-electron chi connectivity index (χ4n) is 22.9. The quantitative estimate of drug-likeness (QED) is 0.115. The normalized spacial score (nSPS) is 12.8. The Morgan fingerprint density at radius 3 is 1.10 bits per heavy atom. The highest BCUT2D eigenvalue weighted by Gasteiger charge is 2.39. The van der Waals surface area contributed by atoms with Gasteiger partial charge in [0.2, 0.25) is 0 Å². The minimum atomic E-state index is -0.201. The van der Waals surface area contributed by atoms with Crippen molar-refractivity contribution in [2.75, 3.05) is 14.7 Å². The lowest BCUT2D eigenvalue weighted by atomic mass is 9.73. The molecule has 6 heterocycles. The van der Waals surface area contributed by atoms with Crippen LogP contribution < -0.4 is 14.7 Å². The molecule has 7 nitrogen and oxygen atoms in total. The van der Waals surface area contributed by atoms with Crippen LogP contribution in [0.5, 0.6) is 0 Å². The molecule has 0 saturated heterocycles. The highest BCUT2D eigenvalue weighted by molar-refractivity contribution is 6.24. The third-order valence-corrected chi connectivity index (χ3v) is 29.4. The predicted octanol–water partition coefficient (Wildman–Crippen LogP) is 35.9. The van der Waals surface area contributed by atoms with E-state index in [-0.39, 0.29) is 10.8 Å². The van der Waals surface area contributed by atoms with E-state index in [0.717, 1.165) is 34.1 Å². The van der Waals surface area contributed by atoms with Crippen LogP contribution in [0, 0.1) is 0 Å². The molecule has 0 radical (unpaired) electrons. The van der Waals surface area contributed by atoms with Crippen molar-refractivity contribution in [1.82, 2.24) is 18.1 Å². The Balaban J connectivity index is 0.000000108. The summed E-state index contributed by atoms with van der Waals surface area (Å²) in [6.07, 6.45) is 0. The van der Waals surface area contributed by atoms with E-state index in [9.17, 15) is 0 Å². The molecule has 28 rings (SSSR count). The summed E-state index contributed by atoms with van der Waals surface area (Å²) < 4.78 is 9.71. The number of para-hydroxylation sites is 9. The largest absolute Gasteiger partial charge is 0.310 e. The molecule has 1 aliphatic heterocycles. The molecule has 26 aromatic rings. The molecule has 21 aromatic carbocycles. The van der Waals surface area contributed by atoms with Gasteiger partial charge in [-0.3, -0.25) is 0 Å². The minimum absolute atomic E-state index is 0.0804. The van der Waals surface area contributed by atoms with E-state index >= 15 is 0 Å². The predicted molar refractivity (Wildman–Crippen MR) is 587 cm³/mol. The van der Waals surface area contributed by atoms with Gasteiger partial charge in [0.05, 0.1) is 66.7 Å². The van der Waals surface area contributed by atoms with Gasteiger partial charge in [0.25, 0.3) is 0 Å². The number of benzene rings is 21. The molecule has 0 atom stereocenters. The van der Waals surface area contributed by atoms with E-state index in [1.165, 1.54) is 204 Å². The maximum Gasteiger partial charge on any atom is 0.0620 e. The van der Waals surface area contributed by atoms with Crippen molar-refractivity contribution in [3.8, 4) is 61.6 Å². The molecular formula is C132H95N7. The van der Waals surface area contributed by atoms with Gasteiger partial charge in [0.1, 0.15) is 0 Å². The Bertz CT molecular complexity index is 9090. The number of hydrogen-bond acceptors (Lipinski definition) is 3. The molecule has 0 unspecified atom stereocenters. The average Bonchev–Trinajstić information content (AvgIpc) is 1.52. The molecule has 0 bridgehead atoms. The number of nitrogens with zero attached hydrogens (tertiary/aromatic N) is 7. The van der Waals surface area contributed by atoms with Crippen molar-refractivity contribution in [3.05, 3.63) is 526 Å². The maximum atomic E-state index is 2.46. The van der Waals surface area contributed by atoms with Crippen LogP contribution >= 0.6 is 0 Å². The number of rotatable bonds is 13.